The summed E-state index contributed by atoms with van der Waals surface area (Å²) >= 11 is 0. The van der Waals surface area contributed by atoms with Crippen LogP contribution < -0.4 is 0 Å². The molecule has 3 fully saturated rings. The molecule has 0 bridgehead atoms. The molecule has 194 valence electrons. The summed E-state index contributed by atoms with van der Waals surface area (Å²) in [6.07, 6.45) is -24.1. The van der Waals surface area contributed by atoms with Gasteiger partial charge in [-0.25, -0.2) is 0 Å². The second-order valence-electron chi connectivity index (χ2n) is 8.32. The van der Waals surface area contributed by atoms with E-state index >= 15 is 0 Å². The van der Waals surface area contributed by atoms with Crippen LogP contribution in [0.3, 0.4) is 0 Å². The topological polar surface area (TPSA) is 248 Å². The van der Waals surface area contributed by atoms with Gasteiger partial charge in [-0.05, 0) is 6.92 Å². The number of ether oxygens (including phenoxy) is 5. The van der Waals surface area contributed by atoms with Gasteiger partial charge in [0.15, 0.2) is 18.9 Å². The molecule has 3 heterocycles. The number of hydrogen-bond donors (Lipinski definition) is 10. The Morgan fingerprint density at radius 3 is 1.73 bits per heavy atom. The predicted octanol–water partition coefficient (Wildman–Crippen LogP) is -6.55. The summed E-state index contributed by atoms with van der Waals surface area (Å²) in [5, 5.41) is 99.8. The van der Waals surface area contributed by atoms with Gasteiger partial charge in [-0.3, -0.25) is 0 Å². The molecule has 15 atom stereocenters. The molecule has 0 aromatic carbocycles. The Morgan fingerprint density at radius 2 is 1.12 bits per heavy atom. The van der Waals surface area contributed by atoms with Crippen molar-refractivity contribution in [3.8, 4) is 0 Å². The summed E-state index contributed by atoms with van der Waals surface area (Å²) in [5.41, 5.74) is 0. The highest BCUT2D eigenvalue weighted by Crippen LogP contribution is 2.32. The Labute approximate surface area is 187 Å². The largest absolute Gasteiger partial charge is 0.394 e. The SMILES string of the molecule is C[C@@H]1O[C@@H](O[C@H]2[C@H](O[C@H]3[C@H](O)[C@@H](O)C(O)O[C@@H]3CO)O[C@H](CO)[C@@H](O)[C@@H]2O)[C@H](O)[C@H](O)[C@H]1O. The van der Waals surface area contributed by atoms with Crippen molar-refractivity contribution in [2.45, 2.75) is 99.0 Å². The van der Waals surface area contributed by atoms with E-state index in [0.29, 0.717) is 0 Å². The standard InChI is InChI=1S/C18H32O15/c1-4-7(21)9(23)13(27)17(29-4)33-15-10(24)8(22)5(2-19)31-18(15)32-14-6(3-20)30-16(28)12(26)11(14)25/h4-28H,2-3H2,1H3/t4-,5+,6+,7-,8+,9+,10-,11+,12+,13+,14+,15+,16?,17-,18-/m0/s1. The molecule has 3 aliphatic heterocycles. The molecule has 10 N–H and O–H groups in total. The number of aliphatic hydroxyl groups is 10. The van der Waals surface area contributed by atoms with Crippen LogP contribution in [-0.4, -0.2) is 156 Å². The van der Waals surface area contributed by atoms with Gasteiger partial charge in [-0.2, -0.15) is 0 Å². The van der Waals surface area contributed by atoms with Gasteiger partial charge in [-0.15, -0.1) is 0 Å². The second-order valence-corrected chi connectivity index (χ2v) is 8.32. The number of rotatable bonds is 6. The van der Waals surface area contributed by atoms with Gasteiger partial charge in [0.25, 0.3) is 0 Å². The second kappa shape index (κ2) is 11.0. The van der Waals surface area contributed by atoms with E-state index in [1.54, 1.807) is 0 Å². The summed E-state index contributed by atoms with van der Waals surface area (Å²) in [6.45, 7) is -0.128. The third kappa shape index (κ3) is 5.32. The molecule has 0 aliphatic carbocycles. The third-order valence-electron chi connectivity index (χ3n) is 6.05. The normalized spacial score (nSPS) is 53.7. The molecule has 3 rings (SSSR count). The van der Waals surface area contributed by atoms with Gasteiger partial charge in [0.2, 0.25) is 0 Å². The monoisotopic (exact) mass is 488 g/mol. The van der Waals surface area contributed by atoms with Crippen molar-refractivity contribution in [1.29, 1.82) is 0 Å². The van der Waals surface area contributed by atoms with E-state index in [1.165, 1.54) is 6.92 Å². The van der Waals surface area contributed by atoms with E-state index in [0.717, 1.165) is 0 Å². The van der Waals surface area contributed by atoms with Gasteiger partial charge in [0.1, 0.15) is 67.1 Å². The van der Waals surface area contributed by atoms with E-state index in [-0.39, 0.29) is 0 Å². The van der Waals surface area contributed by atoms with Crippen LogP contribution in [0.2, 0.25) is 0 Å². The van der Waals surface area contributed by atoms with Gasteiger partial charge in [-0.1, -0.05) is 0 Å². The highest BCUT2D eigenvalue weighted by molar-refractivity contribution is 4.95. The zero-order valence-corrected chi connectivity index (χ0v) is 17.6. The summed E-state index contributed by atoms with van der Waals surface area (Å²) < 4.78 is 26.9. The summed E-state index contributed by atoms with van der Waals surface area (Å²) in [6, 6.07) is 0. The molecule has 15 heteroatoms. The van der Waals surface area contributed by atoms with Gasteiger partial charge in [0.05, 0.1) is 19.3 Å². The van der Waals surface area contributed by atoms with Crippen molar-refractivity contribution in [1.82, 2.24) is 0 Å². The first-order valence-electron chi connectivity index (χ1n) is 10.4. The molecular weight excluding hydrogens is 456 g/mol. The fourth-order valence-electron chi connectivity index (χ4n) is 3.98. The van der Waals surface area contributed by atoms with E-state index < -0.39 is 105 Å². The van der Waals surface area contributed by atoms with Crippen molar-refractivity contribution in [2.75, 3.05) is 13.2 Å². The van der Waals surface area contributed by atoms with Crippen LogP contribution in [-0.2, 0) is 23.7 Å². The zero-order valence-electron chi connectivity index (χ0n) is 17.6. The number of aliphatic hydroxyl groups excluding tert-OH is 10. The quantitative estimate of drug-likeness (QED) is 0.167. The lowest BCUT2D eigenvalue weighted by atomic mass is 9.96. The Hall–Kier alpha value is -0.600. The Kier molecular flexibility index (Phi) is 8.99. The van der Waals surface area contributed by atoms with E-state index in [1.807, 2.05) is 0 Å². The lowest BCUT2D eigenvalue weighted by Crippen LogP contribution is -2.66. The molecule has 3 aliphatic rings. The molecule has 33 heavy (non-hydrogen) atoms. The van der Waals surface area contributed by atoms with Crippen LogP contribution in [0.5, 0.6) is 0 Å². The van der Waals surface area contributed by atoms with Crippen molar-refractivity contribution < 1.29 is 74.7 Å². The highest BCUT2D eigenvalue weighted by atomic mass is 16.8. The molecule has 15 nitrogen and oxygen atoms in total. The average Bonchev–Trinajstić information content (AvgIpc) is 2.80. The molecule has 0 radical (unpaired) electrons. The van der Waals surface area contributed by atoms with Crippen molar-refractivity contribution in [2.24, 2.45) is 0 Å². The van der Waals surface area contributed by atoms with Crippen LogP contribution in [0.1, 0.15) is 6.92 Å². The van der Waals surface area contributed by atoms with Gasteiger partial charge < -0.3 is 74.7 Å². The molecule has 0 aromatic rings. The van der Waals surface area contributed by atoms with Gasteiger partial charge >= 0.3 is 0 Å². The maximum absolute atomic E-state index is 10.6. The van der Waals surface area contributed by atoms with E-state index in [4.69, 9.17) is 23.7 Å². The van der Waals surface area contributed by atoms with Crippen LogP contribution in [0.4, 0.5) is 0 Å². The smallest absolute Gasteiger partial charge is 0.187 e. The number of hydrogen-bond acceptors (Lipinski definition) is 15. The highest BCUT2D eigenvalue weighted by Gasteiger charge is 2.53. The average molecular weight is 488 g/mol. The lowest BCUT2D eigenvalue weighted by molar-refractivity contribution is -0.385. The van der Waals surface area contributed by atoms with Crippen LogP contribution in [0.25, 0.3) is 0 Å². The first kappa shape index (κ1) is 27.0. The Balaban J connectivity index is 1.83. The zero-order chi connectivity index (χ0) is 24.6. The molecule has 0 spiro atoms. The predicted molar refractivity (Wildman–Crippen MR) is 99.8 cm³/mol. The minimum atomic E-state index is -1.83. The summed E-state index contributed by atoms with van der Waals surface area (Å²) in [4.78, 5) is 0. The molecule has 0 saturated carbocycles. The Bertz CT molecular complexity index is 624. The minimum absolute atomic E-state index is 0.760. The first-order valence-corrected chi connectivity index (χ1v) is 10.4. The fraction of sp³-hybridized carbons (Fsp3) is 1.00. The minimum Gasteiger partial charge on any atom is -0.394 e. The van der Waals surface area contributed by atoms with Crippen molar-refractivity contribution in [3.05, 3.63) is 0 Å². The summed E-state index contributed by atoms with van der Waals surface area (Å²) in [5.74, 6) is 0. The van der Waals surface area contributed by atoms with Crippen LogP contribution >= 0.6 is 0 Å². The molecule has 0 aromatic heterocycles. The molecule has 0 amide bonds. The maximum atomic E-state index is 10.6. The lowest BCUT2D eigenvalue weighted by Gasteiger charge is -2.48. The van der Waals surface area contributed by atoms with Gasteiger partial charge in [0, 0.05) is 0 Å². The van der Waals surface area contributed by atoms with Crippen molar-refractivity contribution in [3.63, 3.8) is 0 Å². The Morgan fingerprint density at radius 1 is 0.545 bits per heavy atom. The van der Waals surface area contributed by atoms with Crippen LogP contribution in [0.15, 0.2) is 0 Å². The summed E-state index contributed by atoms with van der Waals surface area (Å²) in [7, 11) is 0. The molecular formula is C18H32O15. The van der Waals surface area contributed by atoms with E-state index in [2.05, 4.69) is 0 Å². The third-order valence-corrected chi connectivity index (χ3v) is 6.05. The molecule has 1 unspecified atom stereocenters. The molecule has 3 saturated heterocycles. The fourth-order valence-corrected chi connectivity index (χ4v) is 3.98. The van der Waals surface area contributed by atoms with E-state index in [9.17, 15) is 51.1 Å². The van der Waals surface area contributed by atoms with Crippen LogP contribution in [0, 0.1) is 0 Å². The first-order chi connectivity index (χ1) is 15.5. The maximum Gasteiger partial charge on any atom is 0.187 e. The van der Waals surface area contributed by atoms with Crippen molar-refractivity contribution >= 4 is 0 Å².